The molecular formula is C16H17N3S. The number of aromatic nitrogens is 2. The molecule has 0 aliphatic heterocycles. The SMILES string of the molecule is CC1CCc2c(sc3nc(-c4ccccc4)c(N)n23)C1. The van der Waals surface area contributed by atoms with Gasteiger partial charge in [-0.2, -0.15) is 0 Å². The molecule has 1 unspecified atom stereocenters. The lowest BCUT2D eigenvalue weighted by atomic mass is 9.93. The molecule has 3 aromatic rings. The molecule has 1 aliphatic rings. The van der Waals surface area contributed by atoms with Crippen molar-refractivity contribution >= 4 is 22.1 Å². The number of rotatable bonds is 1. The third-order valence-electron chi connectivity index (χ3n) is 4.14. The molecule has 1 aliphatic carbocycles. The Labute approximate surface area is 122 Å². The van der Waals surface area contributed by atoms with Crippen molar-refractivity contribution in [1.82, 2.24) is 9.38 Å². The Hall–Kier alpha value is -1.81. The number of nitrogens with zero attached hydrogens (tertiary/aromatic N) is 2. The maximum Gasteiger partial charge on any atom is 0.196 e. The standard InChI is InChI=1S/C16H17N3S/c1-10-7-8-12-13(9-10)20-16-18-14(15(17)19(12)16)11-5-3-2-4-6-11/h2-6,10H,7-9,17H2,1H3. The molecule has 0 radical (unpaired) electrons. The van der Waals surface area contributed by atoms with Crippen LogP contribution in [0, 0.1) is 5.92 Å². The van der Waals surface area contributed by atoms with Crippen molar-refractivity contribution < 1.29 is 0 Å². The van der Waals surface area contributed by atoms with Crippen LogP contribution in [0.5, 0.6) is 0 Å². The van der Waals surface area contributed by atoms with Crippen molar-refractivity contribution in [1.29, 1.82) is 0 Å². The van der Waals surface area contributed by atoms with Crippen molar-refractivity contribution in [2.45, 2.75) is 26.2 Å². The van der Waals surface area contributed by atoms with Gasteiger partial charge in [0.25, 0.3) is 0 Å². The van der Waals surface area contributed by atoms with E-state index in [2.05, 4.69) is 23.5 Å². The Morgan fingerprint density at radius 3 is 2.90 bits per heavy atom. The number of hydrogen-bond donors (Lipinski definition) is 1. The first kappa shape index (κ1) is 12.0. The summed E-state index contributed by atoms with van der Waals surface area (Å²) in [6, 6.07) is 10.2. The van der Waals surface area contributed by atoms with E-state index in [9.17, 15) is 0 Å². The Kier molecular flexibility index (Phi) is 2.60. The number of nitrogen functional groups attached to an aromatic ring is 1. The second-order valence-corrected chi connectivity index (χ2v) is 6.71. The third kappa shape index (κ3) is 1.68. The molecule has 1 atom stereocenters. The fraction of sp³-hybridized carbons (Fsp3) is 0.312. The second-order valence-electron chi connectivity index (χ2n) is 5.65. The van der Waals surface area contributed by atoms with E-state index in [0.29, 0.717) is 0 Å². The molecule has 3 nitrogen and oxygen atoms in total. The first-order chi connectivity index (χ1) is 9.74. The molecule has 20 heavy (non-hydrogen) atoms. The quantitative estimate of drug-likeness (QED) is 0.738. The van der Waals surface area contributed by atoms with Crippen LogP contribution in [0.25, 0.3) is 16.2 Å². The average Bonchev–Trinajstić information content (AvgIpc) is 2.96. The zero-order valence-corrected chi connectivity index (χ0v) is 12.3. The van der Waals surface area contributed by atoms with Crippen molar-refractivity contribution in [2.24, 2.45) is 5.92 Å². The van der Waals surface area contributed by atoms with E-state index >= 15 is 0 Å². The monoisotopic (exact) mass is 283 g/mol. The highest BCUT2D eigenvalue weighted by molar-refractivity contribution is 7.17. The predicted molar refractivity (Wildman–Crippen MR) is 84.1 cm³/mol. The minimum atomic E-state index is 0.778. The lowest BCUT2D eigenvalue weighted by Gasteiger charge is -2.17. The minimum Gasteiger partial charge on any atom is -0.383 e. The Morgan fingerprint density at radius 1 is 1.30 bits per heavy atom. The zero-order chi connectivity index (χ0) is 13.7. The van der Waals surface area contributed by atoms with Crippen LogP contribution in [0.1, 0.15) is 23.9 Å². The van der Waals surface area contributed by atoms with Gasteiger partial charge in [0.15, 0.2) is 4.96 Å². The largest absolute Gasteiger partial charge is 0.383 e. The summed E-state index contributed by atoms with van der Waals surface area (Å²) < 4.78 is 2.17. The summed E-state index contributed by atoms with van der Waals surface area (Å²) >= 11 is 1.80. The van der Waals surface area contributed by atoms with Crippen LogP contribution in [0.15, 0.2) is 30.3 Å². The van der Waals surface area contributed by atoms with Crippen molar-refractivity contribution in [3.8, 4) is 11.3 Å². The van der Waals surface area contributed by atoms with E-state index in [-0.39, 0.29) is 0 Å². The fourth-order valence-corrected chi connectivity index (χ4v) is 4.39. The first-order valence-corrected chi connectivity index (χ1v) is 7.89. The van der Waals surface area contributed by atoms with Crippen molar-refractivity contribution in [3.63, 3.8) is 0 Å². The molecule has 1 aromatic carbocycles. The average molecular weight is 283 g/mol. The highest BCUT2D eigenvalue weighted by atomic mass is 32.1. The number of aryl methyl sites for hydroxylation is 1. The van der Waals surface area contributed by atoms with Crippen LogP contribution in [-0.4, -0.2) is 9.38 Å². The molecule has 0 bridgehead atoms. The second kappa shape index (κ2) is 4.35. The van der Waals surface area contributed by atoms with Crippen molar-refractivity contribution in [2.75, 3.05) is 5.73 Å². The fourth-order valence-electron chi connectivity index (χ4n) is 3.06. The summed E-state index contributed by atoms with van der Waals surface area (Å²) in [5.74, 6) is 1.57. The minimum absolute atomic E-state index is 0.778. The van der Waals surface area contributed by atoms with Gasteiger partial charge in [-0.3, -0.25) is 4.40 Å². The highest BCUT2D eigenvalue weighted by Gasteiger charge is 2.24. The van der Waals surface area contributed by atoms with Crippen LogP contribution in [0.3, 0.4) is 0 Å². The van der Waals surface area contributed by atoms with E-state index in [1.165, 1.54) is 23.4 Å². The topological polar surface area (TPSA) is 43.3 Å². The Bertz CT molecular complexity index is 770. The van der Waals surface area contributed by atoms with E-state index < -0.39 is 0 Å². The van der Waals surface area contributed by atoms with Crippen LogP contribution in [0.4, 0.5) is 5.82 Å². The zero-order valence-electron chi connectivity index (χ0n) is 11.5. The van der Waals surface area contributed by atoms with Gasteiger partial charge < -0.3 is 5.73 Å². The molecule has 0 amide bonds. The normalized spacial score (nSPS) is 18.4. The van der Waals surface area contributed by atoms with Crippen LogP contribution < -0.4 is 5.73 Å². The summed E-state index contributed by atoms with van der Waals surface area (Å²) in [6.45, 7) is 2.32. The maximum absolute atomic E-state index is 6.38. The third-order valence-corrected chi connectivity index (χ3v) is 5.25. The molecule has 0 fully saturated rings. The van der Waals surface area contributed by atoms with E-state index in [1.807, 2.05) is 18.2 Å². The molecule has 2 N–H and O–H groups in total. The van der Waals surface area contributed by atoms with Gasteiger partial charge in [0.2, 0.25) is 0 Å². The van der Waals surface area contributed by atoms with E-state index in [0.717, 1.165) is 34.4 Å². The molecule has 102 valence electrons. The number of nitrogens with two attached hydrogens (primary N) is 1. The van der Waals surface area contributed by atoms with Crippen molar-refractivity contribution in [3.05, 3.63) is 40.9 Å². The number of anilines is 1. The van der Waals surface area contributed by atoms with Gasteiger partial charge in [0.1, 0.15) is 11.5 Å². The van der Waals surface area contributed by atoms with Crippen LogP contribution >= 0.6 is 11.3 Å². The van der Waals surface area contributed by atoms with Gasteiger partial charge in [-0.1, -0.05) is 37.3 Å². The molecule has 2 aromatic heterocycles. The molecular weight excluding hydrogens is 266 g/mol. The smallest absolute Gasteiger partial charge is 0.196 e. The van der Waals surface area contributed by atoms with Gasteiger partial charge >= 0.3 is 0 Å². The van der Waals surface area contributed by atoms with Gasteiger partial charge in [-0.05, 0) is 25.2 Å². The van der Waals surface area contributed by atoms with Crippen LogP contribution in [-0.2, 0) is 12.8 Å². The Balaban J connectivity index is 1.91. The predicted octanol–water partition coefficient (Wildman–Crippen LogP) is 3.77. The summed E-state index contributed by atoms with van der Waals surface area (Å²) in [7, 11) is 0. The summed E-state index contributed by atoms with van der Waals surface area (Å²) in [6.07, 6.45) is 3.53. The van der Waals surface area contributed by atoms with E-state index in [4.69, 9.17) is 10.7 Å². The first-order valence-electron chi connectivity index (χ1n) is 7.08. The van der Waals surface area contributed by atoms with Gasteiger partial charge in [-0.15, -0.1) is 11.3 Å². The lowest BCUT2D eigenvalue weighted by Crippen LogP contribution is -2.11. The summed E-state index contributed by atoms with van der Waals surface area (Å²) in [5, 5.41) is 0. The molecule has 0 spiro atoms. The molecule has 2 heterocycles. The molecule has 0 saturated carbocycles. The molecule has 0 saturated heterocycles. The molecule has 4 heteroatoms. The number of thiazole rings is 1. The number of fused-ring (bicyclic) bond motifs is 3. The molecule has 4 rings (SSSR count). The number of benzene rings is 1. The lowest BCUT2D eigenvalue weighted by molar-refractivity contribution is 0.499. The van der Waals surface area contributed by atoms with Gasteiger partial charge in [-0.25, -0.2) is 4.98 Å². The van der Waals surface area contributed by atoms with Gasteiger partial charge in [0, 0.05) is 16.1 Å². The highest BCUT2D eigenvalue weighted by Crippen LogP contribution is 2.37. The van der Waals surface area contributed by atoms with E-state index in [1.54, 1.807) is 11.3 Å². The Morgan fingerprint density at radius 2 is 2.10 bits per heavy atom. The number of hydrogen-bond acceptors (Lipinski definition) is 3. The summed E-state index contributed by atoms with van der Waals surface area (Å²) in [5.41, 5.74) is 9.78. The number of imidazole rings is 1. The summed E-state index contributed by atoms with van der Waals surface area (Å²) in [4.78, 5) is 7.28. The van der Waals surface area contributed by atoms with Gasteiger partial charge in [0.05, 0.1) is 0 Å². The maximum atomic E-state index is 6.38. The van der Waals surface area contributed by atoms with Crippen LogP contribution in [0.2, 0.25) is 0 Å².